The van der Waals surface area contributed by atoms with E-state index < -0.39 is 23.4 Å². The van der Waals surface area contributed by atoms with Crippen LogP contribution in [0.25, 0.3) is 22.2 Å². The molecule has 0 bridgehead atoms. The number of benzene rings is 4. The molecule has 2 heterocycles. The highest BCUT2D eigenvalue weighted by Crippen LogP contribution is 2.30. The number of carboxylic acid groups (broad SMARTS) is 1. The van der Waals surface area contributed by atoms with Gasteiger partial charge in [0.05, 0.1) is 29.2 Å². The molecule has 0 amide bonds. The summed E-state index contributed by atoms with van der Waals surface area (Å²) in [6.45, 7) is 0.932. The minimum atomic E-state index is -1.04. The van der Waals surface area contributed by atoms with Crippen LogP contribution in [0.3, 0.4) is 0 Å². The number of aromatic nitrogens is 2. The quantitative estimate of drug-likeness (QED) is 0.185. The van der Waals surface area contributed by atoms with Crippen molar-refractivity contribution in [1.29, 1.82) is 0 Å². The predicted octanol–water partition coefficient (Wildman–Crippen LogP) is 7.82. The van der Waals surface area contributed by atoms with Gasteiger partial charge in [-0.1, -0.05) is 35.9 Å². The summed E-state index contributed by atoms with van der Waals surface area (Å²) in [4.78, 5) is 16.3. The van der Waals surface area contributed by atoms with Crippen LogP contribution in [0.4, 0.5) is 13.2 Å². The normalized spacial score (nSPS) is 14.8. The Morgan fingerprint density at radius 2 is 1.72 bits per heavy atom. The van der Waals surface area contributed by atoms with Crippen LogP contribution < -0.4 is 4.74 Å². The number of carbonyl (C=O) groups is 1. The first-order valence-corrected chi connectivity index (χ1v) is 14.1. The summed E-state index contributed by atoms with van der Waals surface area (Å²) in [5, 5.41) is 9.74. The molecule has 6 rings (SSSR count). The highest BCUT2D eigenvalue weighted by Gasteiger charge is 2.22. The molecule has 0 saturated carbocycles. The van der Waals surface area contributed by atoms with Gasteiger partial charge in [0.2, 0.25) is 0 Å². The molecule has 43 heavy (non-hydrogen) atoms. The Labute approximate surface area is 250 Å². The Morgan fingerprint density at radius 3 is 2.47 bits per heavy atom. The molecule has 10 heteroatoms. The first-order chi connectivity index (χ1) is 20.7. The molecule has 1 atom stereocenters. The van der Waals surface area contributed by atoms with Crippen LogP contribution in [0, 0.1) is 17.5 Å². The van der Waals surface area contributed by atoms with Gasteiger partial charge in [-0.15, -0.1) is 0 Å². The molecule has 0 radical (unpaired) electrons. The van der Waals surface area contributed by atoms with Crippen molar-refractivity contribution in [3.63, 3.8) is 0 Å². The largest absolute Gasteiger partial charge is 0.486 e. The van der Waals surface area contributed by atoms with E-state index in [1.165, 1.54) is 42.5 Å². The number of fused-ring (bicyclic) bond motifs is 1. The third kappa shape index (κ3) is 6.23. The molecule has 1 unspecified atom stereocenters. The van der Waals surface area contributed by atoms with Gasteiger partial charge >= 0.3 is 5.97 Å². The second-order valence-electron chi connectivity index (χ2n) is 10.4. The maximum atomic E-state index is 15.5. The summed E-state index contributed by atoms with van der Waals surface area (Å²) in [5.41, 5.74) is 3.04. The Hall–Kier alpha value is -4.34. The number of nitrogens with zero attached hydrogens (tertiary/aromatic N) is 2. The number of ether oxygens (including phenoxy) is 2. The third-order valence-electron chi connectivity index (χ3n) is 7.55. The van der Waals surface area contributed by atoms with Crippen LogP contribution in [0.15, 0.2) is 72.8 Å². The van der Waals surface area contributed by atoms with Crippen molar-refractivity contribution in [3.05, 3.63) is 118 Å². The van der Waals surface area contributed by atoms with Gasteiger partial charge in [-0.25, -0.2) is 22.9 Å². The topological polar surface area (TPSA) is 73.6 Å². The zero-order valence-electron chi connectivity index (χ0n) is 22.8. The molecular formula is C33H26ClF3N2O4. The second kappa shape index (κ2) is 12.1. The summed E-state index contributed by atoms with van der Waals surface area (Å²) in [6.07, 6.45) is 1.94. The highest BCUT2D eigenvalue weighted by atomic mass is 35.5. The maximum absolute atomic E-state index is 15.5. The third-order valence-corrected chi connectivity index (χ3v) is 7.78. The molecule has 1 aliphatic rings. The molecule has 220 valence electrons. The van der Waals surface area contributed by atoms with Crippen LogP contribution in [0.5, 0.6) is 5.75 Å². The van der Waals surface area contributed by atoms with Crippen molar-refractivity contribution in [2.45, 2.75) is 38.5 Å². The summed E-state index contributed by atoms with van der Waals surface area (Å²) in [6, 6.07) is 17.8. The minimum absolute atomic E-state index is 0.0390. The lowest BCUT2D eigenvalue weighted by atomic mass is 10.0. The van der Waals surface area contributed by atoms with E-state index in [0.29, 0.717) is 46.7 Å². The first kappa shape index (κ1) is 28.8. The Bertz CT molecular complexity index is 1840. The molecule has 1 aromatic heterocycles. The van der Waals surface area contributed by atoms with Crippen molar-refractivity contribution < 1.29 is 32.5 Å². The van der Waals surface area contributed by atoms with E-state index in [9.17, 15) is 18.7 Å². The number of rotatable bonds is 9. The first-order valence-electron chi connectivity index (χ1n) is 13.7. The van der Waals surface area contributed by atoms with Crippen LogP contribution in [0.2, 0.25) is 5.02 Å². The van der Waals surface area contributed by atoms with Gasteiger partial charge in [0, 0.05) is 23.6 Å². The fourth-order valence-corrected chi connectivity index (χ4v) is 5.42. The Morgan fingerprint density at radius 1 is 0.953 bits per heavy atom. The maximum Gasteiger partial charge on any atom is 0.335 e. The molecule has 4 aromatic carbocycles. The van der Waals surface area contributed by atoms with Crippen LogP contribution >= 0.6 is 11.6 Å². The standard InChI is InChI=1S/C33H26ClF3N2O4/c34-24-8-5-23(28(37)16-24)18-43-31-14-20(6-9-26(31)35)19-3-4-21(27(36)12-19)15-32-38-29-10-7-22(33(40)41)13-30(29)39(32)17-25-2-1-11-42-25/h3-10,12-14,16,25H,1-2,11,15,17-18H2,(H,40,41). The lowest BCUT2D eigenvalue weighted by molar-refractivity contribution is 0.0697. The van der Waals surface area contributed by atoms with E-state index in [-0.39, 0.29) is 41.0 Å². The minimum Gasteiger partial charge on any atom is -0.486 e. The summed E-state index contributed by atoms with van der Waals surface area (Å²) in [7, 11) is 0. The molecule has 1 fully saturated rings. The lowest BCUT2D eigenvalue weighted by Gasteiger charge is -2.15. The molecule has 0 spiro atoms. The van der Waals surface area contributed by atoms with Crippen molar-refractivity contribution in [2.75, 3.05) is 6.61 Å². The van der Waals surface area contributed by atoms with Crippen molar-refractivity contribution >= 4 is 28.6 Å². The van der Waals surface area contributed by atoms with Crippen LogP contribution in [-0.4, -0.2) is 33.3 Å². The Kier molecular flexibility index (Phi) is 8.10. The summed E-state index contributed by atoms with van der Waals surface area (Å²) >= 11 is 5.79. The van der Waals surface area contributed by atoms with Gasteiger partial charge in [0.15, 0.2) is 11.6 Å². The molecule has 0 aliphatic carbocycles. The smallest absolute Gasteiger partial charge is 0.335 e. The number of aromatic carboxylic acids is 1. The zero-order chi connectivity index (χ0) is 30.1. The zero-order valence-corrected chi connectivity index (χ0v) is 23.6. The van der Waals surface area contributed by atoms with Crippen LogP contribution in [-0.2, 0) is 24.3 Å². The lowest BCUT2D eigenvalue weighted by Crippen LogP contribution is -2.17. The van der Waals surface area contributed by atoms with Gasteiger partial charge in [-0.2, -0.15) is 0 Å². The van der Waals surface area contributed by atoms with E-state index in [2.05, 4.69) is 0 Å². The number of carboxylic acids is 1. The fraction of sp³-hybridized carbons (Fsp3) is 0.212. The van der Waals surface area contributed by atoms with Crippen molar-refractivity contribution in [2.24, 2.45) is 0 Å². The number of hydrogen-bond donors (Lipinski definition) is 1. The summed E-state index contributed by atoms with van der Waals surface area (Å²) in [5.74, 6) is -2.22. The predicted molar refractivity (Wildman–Crippen MR) is 156 cm³/mol. The van der Waals surface area contributed by atoms with Gasteiger partial charge in [-0.05, 0) is 78.1 Å². The van der Waals surface area contributed by atoms with Gasteiger partial charge in [0.1, 0.15) is 24.1 Å². The van der Waals surface area contributed by atoms with Gasteiger partial charge in [0.25, 0.3) is 0 Å². The van der Waals surface area contributed by atoms with Crippen molar-refractivity contribution in [1.82, 2.24) is 9.55 Å². The summed E-state index contributed by atoms with van der Waals surface area (Å²) < 4.78 is 57.4. The van der Waals surface area contributed by atoms with Crippen molar-refractivity contribution in [3.8, 4) is 16.9 Å². The molecular weight excluding hydrogens is 581 g/mol. The molecule has 1 saturated heterocycles. The van der Waals surface area contributed by atoms with Gasteiger partial charge < -0.3 is 19.1 Å². The molecule has 5 aromatic rings. The number of imidazole rings is 1. The molecule has 1 N–H and O–H groups in total. The van der Waals surface area contributed by atoms with Crippen LogP contribution in [0.1, 0.15) is 40.2 Å². The SMILES string of the molecule is O=C(O)c1ccc2nc(Cc3ccc(-c4ccc(F)c(OCc5ccc(Cl)cc5F)c4)cc3F)n(CC3CCCO3)c2c1. The number of halogens is 4. The molecule has 1 aliphatic heterocycles. The monoisotopic (exact) mass is 606 g/mol. The average molecular weight is 607 g/mol. The van der Waals surface area contributed by atoms with E-state index >= 15 is 4.39 Å². The van der Waals surface area contributed by atoms with Gasteiger partial charge in [-0.3, -0.25) is 0 Å². The van der Waals surface area contributed by atoms with E-state index in [1.54, 1.807) is 24.3 Å². The van der Waals surface area contributed by atoms with E-state index in [0.717, 1.165) is 18.9 Å². The van der Waals surface area contributed by atoms with E-state index in [4.69, 9.17) is 26.1 Å². The fourth-order valence-electron chi connectivity index (χ4n) is 5.26. The number of hydrogen-bond acceptors (Lipinski definition) is 4. The highest BCUT2D eigenvalue weighted by molar-refractivity contribution is 6.30. The average Bonchev–Trinajstić information content (AvgIpc) is 3.62. The second-order valence-corrected chi connectivity index (χ2v) is 10.9. The molecule has 6 nitrogen and oxygen atoms in total. The Balaban J connectivity index is 1.26. The van der Waals surface area contributed by atoms with E-state index in [1.807, 2.05) is 4.57 Å².